The molecule has 0 heterocycles. The minimum absolute atomic E-state index is 0.164. The van der Waals surface area contributed by atoms with E-state index in [0.717, 1.165) is 12.8 Å². The van der Waals surface area contributed by atoms with Crippen LogP contribution in [0, 0.1) is 0 Å². The van der Waals surface area contributed by atoms with Crippen LogP contribution < -0.4 is 11.1 Å². The number of carbonyl (C=O) groups excluding carboxylic acids is 1. The zero-order valence-electron chi connectivity index (χ0n) is 8.29. The molecule has 80 valence electrons. The predicted molar refractivity (Wildman–Crippen MR) is 61.0 cm³/mol. The highest BCUT2D eigenvalue weighted by Gasteiger charge is 2.22. The second kappa shape index (κ2) is 4.11. The fourth-order valence-corrected chi connectivity index (χ4v) is 1.86. The Bertz CT molecular complexity index is 368. The number of hydrogen-bond donors (Lipinski definition) is 2. The molecule has 0 atom stereocenters. The van der Waals surface area contributed by atoms with Crippen LogP contribution in [0.3, 0.4) is 0 Å². The molecule has 1 saturated carbocycles. The number of benzene rings is 1. The lowest BCUT2D eigenvalue weighted by Gasteiger charge is -2.26. The van der Waals surface area contributed by atoms with Crippen molar-refractivity contribution in [3.8, 4) is 0 Å². The maximum absolute atomic E-state index is 11.8. The van der Waals surface area contributed by atoms with Crippen LogP contribution in [0.1, 0.15) is 29.6 Å². The zero-order chi connectivity index (χ0) is 10.8. The SMILES string of the molecule is Nc1cccc(Cl)c1C(=O)NC1CCC1. The number of nitrogen functional groups attached to an aromatic ring is 1. The van der Waals surface area contributed by atoms with E-state index < -0.39 is 0 Å². The summed E-state index contributed by atoms with van der Waals surface area (Å²) in [5.41, 5.74) is 6.54. The number of carbonyl (C=O) groups is 1. The average molecular weight is 225 g/mol. The third-order valence-corrected chi connectivity index (χ3v) is 3.03. The first-order chi connectivity index (χ1) is 7.18. The summed E-state index contributed by atoms with van der Waals surface area (Å²) >= 11 is 5.93. The summed E-state index contributed by atoms with van der Waals surface area (Å²) in [7, 11) is 0. The quantitative estimate of drug-likeness (QED) is 0.757. The Morgan fingerprint density at radius 2 is 2.20 bits per heavy atom. The third kappa shape index (κ3) is 2.07. The molecule has 0 aliphatic heterocycles. The topological polar surface area (TPSA) is 55.1 Å². The van der Waals surface area contributed by atoms with E-state index in [0.29, 0.717) is 22.3 Å². The molecule has 15 heavy (non-hydrogen) atoms. The Morgan fingerprint density at radius 1 is 1.47 bits per heavy atom. The highest BCUT2D eigenvalue weighted by Crippen LogP contribution is 2.24. The van der Waals surface area contributed by atoms with Crippen molar-refractivity contribution in [2.45, 2.75) is 25.3 Å². The van der Waals surface area contributed by atoms with Crippen molar-refractivity contribution < 1.29 is 4.79 Å². The lowest BCUT2D eigenvalue weighted by atomic mass is 9.93. The van der Waals surface area contributed by atoms with E-state index in [1.54, 1.807) is 18.2 Å². The van der Waals surface area contributed by atoms with Crippen molar-refractivity contribution in [2.24, 2.45) is 0 Å². The molecule has 1 aliphatic rings. The van der Waals surface area contributed by atoms with E-state index in [2.05, 4.69) is 5.32 Å². The molecule has 0 unspecified atom stereocenters. The van der Waals surface area contributed by atoms with Crippen LogP contribution in [0.2, 0.25) is 5.02 Å². The van der Waals surface area contributed by atoms with Crippen LogP contribution in [0.15, 0.2) is 18.2 Å². The minimum Gasteiger partial charge on any atom is -0.398 e. The van der Waals surface area contributed by atoms with Crippen LogP contribution in [0.5, 0.6) is 0 Å². The minimum atomic E-state index is -0.164. The molecule has 1 aromatic carbocycles. The summed E-state index contributed by atoms with van der Waals surface area (Å²) in [4.78, 5) is 11.8. The molecule has 2 rings (SSSR count). The number of anilines is 1. The second-order valence-electron chi connectivity index (χ2n) is 3.81. The summed E-state index contributed by atoms with van der Waals surface area (Å²) in [6.45, 7) is 0. The van der Waals surface area contributed by atoms with Crippen molar-refractivity contribution in [3.63, 3.8) is 0 Å². The molecule has 0 radical (unpaired) electrons. The van der Waals surface area contributed by atoms with Gasteiger partial charge in [-0.15, -0.1) is 0 Å². The molecule has 1 fully saturated rings. The fourth-order valence-electron chi connectivity index (χ4n) is 1.59. The van der Waals surface area contributed by atoms with Gasteiger partial charge < -0.3 is 11.1 Å². The van der Waals surface area contributed by atoms with Gasteiger partial charge in [-0.2, -0.15) is 0 Å². The first-order valence-corrected chi connectivity index (χ1v) is 5.41. The lowest BCUT2D eigenvalue weighted by Crippen LogP contribution is -2.39. The van der Waals surface area contributed by atoms with Crippen LogP contribution in [-0.4, -0.2) is 11.9 Å². The van der Waals surface area contributed by atoms with E-state index in [1.165, 1.54) is 6.42 Å². The highest BCUT2D eigenvalue weighted by molar-refractivity contribution is 6.34. The lowest BCUT2D eigenvalue weighted by molar-refractivity contribution is 0.0918. The van der Waals surface area contributed by atoms with Crippen LogP contribution >= 0.6 is 11.6 Å². The van der Waals surface area contributed by atoms with Crippen molar-refractivity contribution in [1.82, 2.24) is 5.32 Å². The molecule has 4 heteroatoms. The standard InChI is InChI=1S/C11H13ClN2O/c12-8-5-2-6-9(13)10(8)11(15)14-7-3-1-4-7/h2,5-7H,1,3-4,13H2,(H,14,15). The monoisotopic (exact) mass is 224 g/mol. The predicted octanol–water partition coefficient (Wildman–Crippen LogP) is 2.20. The Labute approximate surface area is 93.6 Å². The first kappa shape index (κ1) is 10.3. The van der Waals surface area contributed by atoms with Gasteiger partial charge in [0, 0.05) is 11.7 Å². The van der Waals surface area contributed by atoms with E-state index in [4.69, 9.17) is 17.3 Å². The van der Waals surface area contributed by atoms with E-state index >= 15 is 0 Å². The number of amides is 1. The van der Waals surface area contributed by atoms with Gasteiger partial charge in [0.05, 0.1) is 10.6 Å². The maximum atomic E-state index is 11.8. The van der Waals surface area contributed by atoms with Crippen molar-refractivity contribution >= 4 is 23.2 Å². The molecule has 0 bridgehead atoms. The third-order valence-electron chi connectivity index (χ3n) is 2.71. The van der Waals surface area contributed by atoms with Crippen molar-refractivity contribution in [1.29, 1.82) is 0 Å². The van der Waals surface area contributed by atoms with E-state index in [9.17, 15) is 4.79 Å². The molecule has 0 spiro atoms. The summed E-state index contributed by atoms with van der Waals surface area (Å²) in [5, 5.41) is 3.32. The molecular weight excluding hydrogens is 212 g/mol. The second-order valence-corrected chi connectivity index (χ2v) is 4.21. The Kier molecular flexibility index (Phi) is 2.82. The van der Waals surface area contributed by atoms with E-state index in [-0.39, 0.29) is 5.91 Å². The number of nitrogens with one attached hydrogen (secondary N) is 1. The molecule has 3 N–H and O–H groups in total. The zero-order valence-corrected chi connectivity index (χ0v) is 9.05. The molecule has 0 aromatic heterocycles. The first-order valence-electron chi connectivity index (χ1n) is 5.03. The molecule has 1 amide bonds. The molecule has 0 saturated heterocycles. The summed E-state index contributed by atoms with van der Waals surface area (Å²) in [6.07, 6.45) is 3.29. The van der Waals surface area contributed by atoms with Gasteiger partial charge in [-0.1, -0.05) is 17.7 Å². The van der Waals surface area contributed by atoms with Gasteiger partial charge in [-0.25, -0.2) is 0 Å². The molecular formula is C11H13ClN2O. The normalized spacial score (nSPS) is 15.8. The van der Waals surface area contributed by atoms with Gasteiger partial charge in [0.2, 0.25) is 0 Å². The Hall–Kier alpha value is -1.22. The average Bonchev–Trinajstić information content (AvgIpc) is 2.11. The number of hydrogen-bond acceptors (Lipinski definition) is 2. The van der Waals surface area contributed by atoms with Gasteiger partial charge in [-0.05, 0) is 31.4 Å². The Morgan fingerprint density at radius 3 is 2.73 bits per heavy atom. The number of nitrogens with two attached hydrogens (primary N) is 1. The van der Waals surface area contributed by atoms with Gasteiger partial charge in [0.25, 0.3) is 5.91 Å². The van der Waals surface area contributed by atoms with E-state index in [1.807, 2.05) is 0 Å². The summed E-state index contributed by atoms with van der Waals surface area (Å²) < 4.78 is 0. The van der Waals surface area contributed by atoms with Crippen molar-refractivity contribution in [3.05, 3.63) is 28.8 Å². The van der Waals surface area contributed by atoms with Gasteiger partial charge in [0.15, 0.2) is 0 Å². The highest BCUT2D eigenvalue weighted by atomic mass is 35.5. The van der Waals surface area contributed by atoms with Gasteiger partial charge >= 0.3 is 0 Å². The number of halogens is 1. The summed E-state index contributed by atoms with van der Waals surface area (Å²) in [5.74, 6) is -0.164. The summed E-state index contributed by atoms with van der Waals surface area (Å²) in [6, 6.07) is 5.39. The van der Waals surface area contributed by atoms with Crippen molar-refractivity contribution in [2.75, 3.05) is 5.73 Å². The molecule has 3 nitrogen and oxygen atoms in total. The largest absolute Gasteiger partial charge is 0.398 e. The number of rotatable bonds is 2. The van der Waals surface area contributed by atoms with Gasteiger partial charge in [0.1, 0.15) is 0 Å². The molecule has 1 aromatic rings. The van der Waals surface area contributed by atoms with Crippen LogP contribution in [0.4, 0.5) is 5.69 Å². The fraction of sp³-hybridized carbons (Fsp3) is 0.364. The molecule has 1 aliphatic carbocycles. The Balaban J connectivity index is 2.16. The van der Waals surface area contributed by atoms with Gasteiger partial charge in [-0.3, -0.25) is 4.79 Å². The maximum Gasteiger partial charge on any atom is 0.255 e. The van der Waals surface area contributed by atoms with Crippen LogP contribution in [-0.2, 0) is 0 Å². The smallest absolute Gasteiger partial charge is 0.255 e. The van der Waals surface area contributed by atoms with Crippen LogP contribution in [0.25, 0.3) is 0 Å².